The number of hydrogen-bond donors (Lipinski definition) is 1. The maximum absolute atomic E-state index is 11.6. The molecule has 0 unspecified atom stereocenters. The number of ether oxygens (including phenoxy) is 1. The van der Waals surface area contributed by atoms with Gasteiger partial charge in [0.2, 0.25) is 0 Å². The van der Waals surface area contributed by atoms with E-state index >= 15 is 0 Å². The molecule has 0 aliphatic carbocycles. The van der Waals surface area contributed by atoms with E-state index < -0.39 is 23.5 Å². The lowest BCUT2D eigenvalue weighted by Gasteiger charge is -2.23. The van der Waals surface area contributed by atoms with Crippen LogP contribution in [0.4, 0.5) is 0 Å². The number of carbonyl (C=O) groups is 2. The lowest BCUT2D eigenvalue weighted by Crippen LogP contribution is -2.30. The maximum Gasteiger partial charge on any atom is 0.307 e. The Hall–Kier alpha value is -1.06. The normalized spacial score (nSPS) is 15.1. The average Bonchev–Trinajstić information content (AvgIpc) is 2.11. The molecular formula is C13H24O4. The number of rotatable bonds is 6. The molecule has 0 rings (SSSR count). The Labute approximate surface area is 103 Å². The van der Waals surface area contributed by atoms with Crippen LogP contribution in [-0.4, -0.2) is 22.6 Å². The van der Waals surface area contributed by atoms with Gasteiger partial charge < -0.3 is 9.84 Å². The predicted octanol–water partition coefficient (Wildman–Crippen LogP) is 2.86. The molecule has 0 aromatic carbocycles. The zero-order valence-corrected chi connectivity index (χ0v) is 11.4. The van der Waals surface area contributed by atoms with Crippen LogP contribution in [0.2, 0.25) is 0 Å². The van der Waals surface area contributed by atoms with E-state index in [-0.39, 0.29) is 12.3 Å². The Bertz CT molecular complexity index is 265. The first kappa shape index (κ1) is 15.9. The largest absolute Gasteiger partial charge is 0.481 e. The molecule has 0 heterocycles. The van der Waals surface area contributed by atoms with Gasteiger partial charge in [0, 0.05) is 0 Å². The van der Waals surface area contributed by atoms with E-state index in [9.17, 15) is 9.59 Å². The topological polar surface area (TPSA) is 63.6 Å². The van der Waals surface area contributed by atoms with Crippen molar-refractivity contribution in [3.63, 3.8) is 0 Å². The first-order valence-electron chi connectivity index (χ1n) is 6.12. The van der Waals surface area contributed by atoms with Crippen molar-refractivity contribution in [2.75, 3.05) is 0 Å². The highest BCUT2D eigenvalue weighted by molar-refractivity contribution is 5.79. The van der Waals surface area contributed by atoms with Gasteiger partial charge >= 0.3 is 11.9 Å². The van der Waals surface area contributed by atoms with Crippen LogP contribution in [0.3, 0.4) is 0 Å². The third-order valence-electron chi connectivity index (χ3n) is 2.55. The van der Waals surface area contributed by atoms with Crippen LogP contribution in [0.1, 0.15) is 53.9 Å². The van der Waals surface area contributed by atoms with E-state index in [2.05, 4.69) is 0 Å². The number of carboxylic acid groups (broad SMARTS) is 1. The van der Waals surface area contributed by atoms with Crippen LogP contribution in [0, 0.1) is 11.8 Å². The molecule has 4 nitrogen and oxygen atoms in total. The number of hydrogen-bond acceptors (Lipinski definition) is 3. The molecule has 100 valence electrons. The molecule has 1 N–H and O–H groups in total. The minimum atomic E-state index is -0.920. The minimum Gasteiger partial charge on any atom is -0.481 e. The van der Waals surface area contributed by atoms with Crippen molar-refractivity contribution < 1.29 is 19.4 Å². The molecule has 0 aliphatic rings. The molecule has 0 bridgehead atoms. The monoisotopic (exact) mass is 244 g/mol. The Morgan fingerprint density at radius 2 is 1.82 bits per heavy atom. The summed E-state index contributed by atoms with van der Waals surface area (Å²) in [5.74, 6) is -2.01. The molecule has 0 fully saturated rings. The molecular weight excluding hydrogens is 220 g/mol. The van der Waals surface area contributed by atoms with Crippen LogP contribution in [0.25, 0.3) is 0 Å². The van der Waals surface area contributed by atoms with Crippen LogP contribution in [-0.2, 0) is 14.3 Å². The van der Waals surface area contributed by atoms with E-state index in [1.165, 1.54) is 0 Å². The van der Waals surface area contributed by atoms with Gasteiger partial charge in [-0.15, -0.1) is 0 Å². The SMILES string of the molecule is CCC[C@@H](C)[C@H](CC(=O)OC(C)(C)C)C(=O)O. The highest BCUT2D eigenvalue weighted by Gasteiger charge is 2.29. The van der Waals surface area contributed by atoms with E-state index in [1.807, 2.05) is 13.8 Å². The number of carbonyl (C=O) groups excluding carboxylic acids is 1. The number of esters is 1. The number of aliphatic carboxylic acids is 1. The summed E-state index contributed by atoms with van der Waals surface area (Å²) in [6.07, 6.45) is 1.67. The molecule has 0 aromatic rings. The third kappa shape index (κ3) is 6.97. The molecule has 17 heavy (non-hydrogen) atoms. The van der Waals surface area contributed by atoms with Gasteiger partial charge in [0.1, 0.15) is 5.60 Å². The summed E-state index contributed by atoms with van der Waals surface area (Å²) in [6.45, 7) is 9.19. The van der Waals surface area contributed by atoms with Crippen LogP contribution < -0.4 is 0 Å². The summed E-state index contributed by atoms with van der Waals surface area (Å²) in [6, 6.07) is 0. The van der Waals surface area contributed by atoms with Crippen molar-refractivity contribution in [1.82, 2.24) is 0 Å². The molecule has 2 atom stereocenters. The van der Waals surface area contributed by atoms with Crippen molar-refractivity contribution in [2.24, 2.45) is 11.8 Å². The summed E-state index contributed by atoms with van der Waals surface area (Å²) < 4.78 is 5.14. The van der Waals surface area contributed by atoms with E-state index in [4.69, 9.17) is 9.84 Å². The standard InChI is InChI=1S/C13H24O4/c1-6-7-9(2)10(12(15)16)8-11(14)17-13(3,4)5/h9-10H,6-8H2,1-5H3,(H,15,16)/t9-,10+/m1/s1. The van der Waals surface area contributed by atoms with E-state index in [0.717, 1.165) is 12.8 Å². The Kier molecular flexibility index (Phi) is 6.21. The van der Waals surface area contributed by atoms with Crippen LogP contribution >= 0.6 is 0 Å². The van der Waals surface area contributed by atoms with Crippen molar-refractivity contribution in [3.05, 3.63) is 0 Å². The third-order valence-corrected chi connectivity index (χ3v) is 2.55. The average molecular weight is 244 g/mol. The molecule has 0 spiro atoms. The lowest BCUT2D eigenvalue weighted by molar-refractivity contribution is -0.161. The Balaban J connectivity index is 4.45. The van der Waals surface area contributed by atoms with Gasteiger partial charge in [-0.3, -0.25) is 9.59 Å². The molecule has 0 aromatic heterocycles. The minimum absolute atomic E-state index is 0.00924. The molecule has 0 saturated carbocycles. The highest BCUT2D eigenvalue weighted by atomic mass is 16.6. The maximum atomic E-state index is 11.6. The van der Waals surface area contributed by atoms with Gasteiger partial charge in [0.25, 0.3) is 0 Å². The van der Waals surface area contributed by atoms with Gasteiger partial charge in [0.15, 0.2) is 0 Å². The first-order valence-corrected chi connectivity index (χ1v) is 6.12. The molecule has 0 amide bonds. The second kappa shape index (κ2) is 6.62. The molecule has 4 heteroatoms. The van der Waals surface area contributed by atoms with E-state index in [1.54, 1.807) is 20.8 Å². The van der Waals surface area contributed by atoms with Gasteiger partial charge in [-0.1, -0.05) is 26.7 Å². The van der Waals surface area contributed by atoms with Crippen molar-refractivity contribution in [1.29, 1.82) is 0 Å². The quantitative estimate of drug-likeness (QED) is 0.730. The zero-order chi connectivity index (χ0) is 13.6. The zero-order valence-electron chi connectivity index (χ0n) is 11.4. The molecule has 0 saturated heterocycles. The van der Waals surface area contributed by atoms with Crippen LogP contribution in [0.15, 0.2) is 0 Å². The van der Waals surface area contributed by atoms with Crippen molar-refractivity contribution in [2.45, 2.75) is 59.5 Å². The second-order valence-electron chi connectivity index (χ2n) is 5.50. The van der Waals surface area contributed by atoms with Gasteiger partial charge in [-0.25, -0.2) is 0 Å². The number of carboxylic acids is 1. The van der Waals surface area contributed by atoms with Gasteiger partial charge in [-0.2, -0.15) is 0 Å². The molecule has 0 aliphatic heterocycles. The van der Waals surface area contributed by atoms with Crippen molar-refractivity contribution >= 4 is 11.9 Å². The predicted molar refractivity (Wildman–Crippen MR) is 65.7 cm³/mol. The van der Waals surface area contributed by atoms with Gasteiger partial charge in [0.05, 0.1) is 12.3 Å². The summed E-state index contributed by atoms with van der Waals surface area (Å²) in [5, 5.41) is 9.11. The fraction of sp³-hybridized carbons (Fsp3) is 0.846. The van der Waals surface area contributed by atoms with E-state index in [0.29, 0.717) is 0 Å². The van der Waals surface area contributed by atoms with Crippen molar-refractivity contribution in [3.8, 4) is 0 Å². The Morgan fingerprint density at radius 3 is 2.18 bits per heavy atom. The summed E-state index contributed by atoms with van der Waals surface area (Å²) >= 11 is 0. The highest BCUT2D eigenvalue weighted by Crippen LogP contribution is 2.22. The fourth-order valence-electron chi connectivity index (χ4n) is 1.75. The summed E-state index contributed by atoms with van der Waals surface area (Å²) in [4.78, 5) is 22.7. The summed E-state index contributed by atoms with van der Waals surface area (Å²) in [5.41, 5.74) is -0.561. The lowest BCUT2D eigenvalue weighted by atomic mass is 9.88. The summed E-state index contributed by atoms with van der Waals surface area (Å²) in [7, 11) is 0. The fourth-order valence-corrected chi connectivity index (χ4v) is 1.75. The first-order chi connectivity index (χ1) is 7.67. The second-order valence-corrected chi connectivity index (χ2v) is 5.50. The smallest absolute Gasteiger partial charge is 0.307 e. The van der Waals surface area contributed by atoms with Crippen LogP contribution in [0.5, 0.6) is 0 Å². The molecule has 0 radical (unpaired) electrons. The Morgan fingerprint density at radius 1 is 1.29 bits per heavy atom. The van der Waals surface area contributed by atoms with Gasteiger partial charge in [-0.05, 0) is 26.7 Å².